The Hall–Kier alpha value is 0.840. The van der Waals surface area contributed by atoms with Crippen LogP contribution in [-0.2, 0) is 9.36 Å². The summed E-state index contributed by atoms with van der Waals surface area (Å²) >= 11 is 0. The van der Waals surface area contributed by atoms with Gasteiger partial charge in [0.1, 0.15) is 0 Å². The molecule has 6 nitrogen and oxygen atoms in total. The summed E-state index contributed by atoms with van der Waals surface area (Å²) in [5.74, 6) is -0.833. The van der Waals surface area contributed by atoms with Crippen LogP contribution in [0, 0.1) is 0 Å². The van der Waals surface area contributed by atoms with Gasteiger partial charge in [-0.1, -0.05) is 0 Å². The molecule has 0 aromatic rings. The zero-order valence-corrected chi connectivity index (χ0v) is 5.45. The van der Waals surface area contributed by atoms with Crippen LogP contribution in [0.1, 0.15) is 6.92 Å². The van der Waals surface area contributed by atoms with E-state index in [9.17, 15) is 0 Å². The molecule has 0 aromatic heterocycles. The molecule has 0 amide bonds. The van der Waals surface area contributed by atoms with Crippen LogP contribution in [0.25, 0.3) is 0 Å². The van der Waals surface area contributed by atoms with Crippen LogP contribution in [-0.4, -0.2) is 63.5 Å². The van der Waals surface area contributed by atoms with Crippen molar-refractivity contribution in [2.75, 3.05) is 0 Å². The van der Waals surface area contributed by atoms with E-state index in [0.717, 1.165) is 6.92 Å². The molecule has 0 aliphatic heterocycles. The number of hydrogen-bond donors (Lipinski definition) is 4. The predicted octanol–water partition coefficient (Wildman–Crippen LogP) is -1.75. The molecule has 0 radical (unpaired) electrons. The molecule has 10 heavy (non-hydrogen) atoms. The van der Waals surface area contributed by atoms with Crippen molar-refractivity contribution in [1.82, 2.24) is 0 Å². The first-order chi connectivity index (χ1) is 3.73. The van der Waals surface area contributed by atoms with Gasteiger partial charge in [0.2, 0.25) is 0 Å². The molecule has 0 aliphatic carbocycles. The van der Waals surface area contributed by atoms with E-state index in [-0.39, 0.29) is 37.7 Å². The second kappa shape index (κ2) is 7.94. The fourth-order valence-corrected chi connectivity index (χ4v) is 0. The van der Waals surface area contributed by atoms with Gasteiger partial charge in [-0.2, -0.15) is 0 Å². The summed E-state index contributed by atoms with van der Waals surface area (Å²) in [5.41, 5.74) is 0. The molecule has 0 unspecified atom stereocenters. The Balaban J connectivity index is -0.0000000910. The van der Waals surface area contributed by atoms with E-state index in [0.29, 0.717) is 0 Å². The summed E-state index contributed by atoms with van der Waals surface area (Å²) in [4.78, 5) is 30.6. The number of rotatable bonds is 0. The molecule has 8 heteroatoms. The van der Waals surface area contributed by atoms with Crippen molar-refractivity contribution in [1.29, 1.82) is 0 Å². The predicted molar refractivity (Wildman–Crippen MR) is 36.1 cm³/mol. The molecule has 0 rings (SSSR count). The van der Waals surface area contributed by atoms with Crippen molar-refractivity contribution < 1.29 is 29.1 Å². The van der Waals surface area contributed by atoms with Crippen molar-refractivity contribution in [2.45, 2.75) is 6.92 Å². The average molecular weight is 200 g/mol. The molecular weight excluding hydrogens is 191 g/mol. The molecule has 0 spiro atoms. The topological polar surface area (TPSA) is 115 Å². The Kier molecular flexibility index (Phi) is 13.6. The summed E-state index contributed by atoms with van der Waals surface area (Å²) in [6.45, 7) is 1.08. The molecule has 0 aliphatic rings. The van der Waals surface area contributed by atoms with Gasteiger partial charge in [-0.15, -0.1) is 0 Å². The van der Waals surface area contributed by atoms with Crippen molar-refractivity contribution in [3.05, 3.63) is 0 Å². The Bertz CT molecular complexity index is 115. The Morgan fingerprint density at radius 3 is 1.30 bits per heavy atom. The minimum atomic E-state index is -4.64. The molecule has 0 bridgehead atoms. The zero-order chi connectivity index (χ0) is 8.08. The maximum absolute atomic E-state index is 9.00. The Morgan fingerprint density at radius 2 is 1.30 bits per heavy atom. The van der Waals surface area contributed by atoms with E-state index < -0.39 is 13.8 Å². The van der Waals surface area contributed by atoms with E-state index in [4.69, 9.17) is 29.1 Å². The van der Waals surface area contributed by atoms with Gasteiger partial charge in [0, 0.05) is 6.92 Å². The number of aliphatic carboxylic acids is 1. The Labute approximate surface area is 87.1 Å². The number of carboxylic acids is 1. The molecule has 0 fully saturated rings. The second-order valence-corrected chi connectivity index (χ2v) is 2.06. The van der Waals surface area contributed by atoms with Gasteiger partial charge in [-0.25, -0.2) is 4.57 Å². The van der Waals surface area contributed by atoms with Crippen LogP contribution >= 0.6 is 7.82 Å². The van der Waals surface area contributed by atoms with Gasteiger partial charge in [0.25, 0.3) is 5.97 Å². The van der Waals surface area contributed by atoms with E-state index in [2.05, 4.69) is 0 Å². The van der Waals surface area contributed by atoms with Crippen molar-refractivity contribution >= 4 is 51.5 Å². The SMILES string of the molecule is CC(=O)O.O=P(O)(O)O.[CaH2]. The second-order valence-electron chi connectivity index (χ2n) is 1.03. The summed E-state index contributed by atoms with van der Waals surface area (Å²) in [6, 6.07) is 0. The van der Waals surface area contributed by atoms with Crippen LogP contribution in [0.15, 0.2) is 0 Å². The fourth-order valence-electron chi connectivity index (χ4n) is 0. The summed E-state index contributed by atoms with van der Waals surface area (Å²) in [7, 11) is -4.64. The van der Waals surface area contributed by atoms with Crippen LogP contribution < -0.4 is 0 Å². The van der Waals surface area contributed by atoms with Gasteiger partial charge in [0.05, 0.1) is 0 Å². The first-order valence-corrected chi connectivity index (χ1v) is 3.28. The third kappa shape index (κ3) is 770. The number of carboxylic acid groups (broad SMARTS) is 1. The van der Waals surface area contributed by atoms with Gasteiger partial charge in [0.15, 0.2) is 0 Å². The van der Waals surface area contributed by atoms with E-state index >= 15 is 0 Å². The standard InChI is InChI=1S/C2H4O2.Ca.H3O4P.2H/c1-2(3)4;;1-5(2,3)4;;/h1H3,(H,3,4);;(H3,1,2,3,4);;. The van der Waals surface area contributed by atoms with Gasteiger partial charge in [-0.3, -0.25) is 4.79 Å². The van der Waals surface area contributed by atoms with Crippen molar-refractivity contribution in [2.24, 2.45) is 0 Å². The normalized spacial score (nSPS) is 8.40. The van der Waals surface area contributed by atoms with Gasteiger partial charge < -0.3 is 19.8 Å². The fraction of sp³-hybridized carbons (Fsp3) is 0.500. The van der Waals surface area contributed by atoms with E-state index in [1.54, 1.807) is 0 Å². The van der Waals surface area contributed by atoms with Crippen molar-refractivity contribution in [3.63, 3.8) is 0 Å². The monoisotopic (exact) mass is 200 g/mol. The number of carbonyl (C=O) groups is 1. The molecular formula is C2H9CaO6P. The maximum atomic E-state index is 9.00. The van der Waals surface area contributed by atoms with E-state index in [1.807, 2.05) is 0 Å². The van der Waals surface area contributed by atoms with Crippen LogP contribution in [0.2, 0.25) is 0 Å². The molecule has 0 saturated carbocycles. The van der Waals surface area contributed by atoms with Crippen LogP contribution in [0.5, 0.6) is 0 Å². The van der Waals surface area contributed by atoms with Gasteiger partial charge >= 0.3 is 45.6 Å². The quantitative estimate of drug-likeness (QED) is 0.272. The van der Waals surface area contributed by atoms with Crippen LogP contribution in [0.4, 0.5) is 0 Å². The molecule has 4 N–H and O–H groups in total. The minimum absolute atomic E-state index is 0. The third-order valence-electron chi connectivity index (χ3n) is 0. The van der Waals surface area contributed by atoms with Crippen LogP contribution in [0.3, 0.4) is 0 Å². The third-order valence-corrected chi connectivity index (χ3v) is 0. The molecule has 0 heterocycles. The molecule has 0 aromatic carbocycles. The zero-order valence-electron chi connectivity index (χ0n) is 4.55. The average Bonchev–Trinajstić information content (AvgIpc) is 1.19. The summed E-state index contributed by atoms with van der Waals surface area (Å²) in [5, 5.41) is 7.42. The Morgan fingerprint density at radius 1 is 1.30 bits per heavy atom. The van der Waals surface area contributed by atoms with Gasteiger partial charge in [-0.05, 0) is 0 Å². The first kappa shape index (κ1) is 17.1. The summed E-state index contributed by atoms with van der Waals surface area (Å²) < 4.78 is 8.88. The molecule has 0 atom stereocenters. The molecule has 0 saturated heterocycles. The first-order valence-electron chi connectivity index (χ1n) is 1.71. The number of hydrogen-bond acceptors (Lipinski definition) is 2. The van der Waals surface area contributed by atoms with E-state index in [1.165, 1.54) is 0 Å². The summed E-state index contributed by atoms with van der Waals surface area (Å²) in [6.07, 6.45) is 0. The number of phosphoric acid groups is 1. The molecule has 60 valence electrons. The van der Waals surface area contributed by atoms with Crippen molar-refractivity contribution in [3.8, 4) is 0 Å².